The smallest absolute Gasteiger partial charge is 0.169 e. The van der Waals surface area contributed by atoms with Crippen LogP contribution >= 0.6 is 11.3 Å². The zero-order chi connectivity index (χ0) is 11.0. The summed E-state index contributed by atoms with van der Waals surface area (Å²) >= 11 is 1.74. The summed E-state index contributed by atoms with van der Waals surface area (Å²) in [6.45, 7) is 0. The molecule has 0 fully saturated rings. The number of hydrogen-bond acceptors (Lipinski definition) is 2. The molecule has 3 rings (SSSR count). The highest BCUT2D eigenvalue weighted by Crippen LogP contribution is 2.29. The van der Waals surface area contributed by atoms with Gasteiger partial charge in [0.15, 0.2) is 12.4 Å². The van der Waals surface area contributed by atoms with E-state index in [-0.39, 0.29) is 0 Å². The normalized spacial score (nSPS) is 10.8. The molecule has 0 aliphatic heterocycles. The second-order valence-electron chi connectivity index (χ2n) is 3.74. The van der Waals surface area contributed by atoms with Crippen LogP contribution in [-0.2, 0) is 7.05 Å². The van der Waals surface area contributed by atoms with Gasteiger partial charge in [-0.25, -0.2) is 9.55 Å². The first-order valence-corrected chi connectivity index (χ1v) is 5.96. The van der Waals surface area contributed by atoms with Crippen molar-refractivity contribution in [2.75, 3.05) is 0 Å². The quantitative estimate of drug-likeness (QED) is 0.584. The lowest BCUT2D eigenvalue weighted by molar-refractivity contribution is -0.671. The van der Waals surface area contributed by atoms with Gasteiger partial charge in [0.1, 0.15) is 12.1 Å². The minimum absolute atomic E-state index is 1.08. The maximum atomic E-state index is 4.62. The number of thiazole rings is 1. The van der Waals surface area contributed by atoms with Crippen molar-refractivity contribution in [2.24, 2.45) is 7.05 Å². The molecule has 2 aromatic heterocycles. The van der Waals surface area contributed by atoms with Crippen LogP contribution in [0.2, 0.25) is 0 Å². The number of pyridine rings is 1. The first-order chi connectivity index (χ1) is 7.83. The number of nitrogens with zero attached hydrogens (tertiary/aromatic N) is 2. The van der Waals surface area contributed by atoms with Crippen molar-refractivity contribution in [1.82, 2.24) is 4.98 Å². The van der Waals surface area contributed by atoms with Crippen LogP contribution in [-0.4, -0.2) is 4.98 Å². The Labute approximate surface area is 97.8 Å². The predicted octanol–water partition coefficient (Wildman–Crippen LogP) is 2.79. The molecule has 2 heterocycles. The summed E-state index contributed by atoms with van der Waals surface area (Å²) in [5, 5.41) is 1.09. The van der Waals surface area contributed by atoms with Crippen LogP contribution in [0.15, 0.2) is 48.8 Å². The average molecular weight is 227 g/mol. The van der Waals surface area contributed by atoms with Crippen LogP contribution in [0, 0.1) is 0 Å². The summed E-state index contributed by atoms with van der Waals surface area (Å²) in [6.07, 6.45) is 4.09. The maximum absolute atomic E-state index is 4.62. The van der Waals surface area contributed by atoms with Crippen molar-refractivity contribution in [3.63, 3.8) is 0 Å². The number of fused-ring (bicyclic) bond motifs is 1. The van der Waals surface area contributed by atoms with Crippen LogP contribution in [0.5, 0.6) is 0 Å². The molecule has 16 heavy (non-hydrogen) atoms. The Morgan fingerprint density at radius 3 is 2.56 bits per heavy atom. The molecule has 0 aliphatic carbocycles. The van der Waals surface area contributed by atoms with E-state index in [0.717, 1.165) is 10.5 Å². The van der Waals surface area contributed by atoms with Gasteiger partial charge in [0.25, 0.3) is 0 Å². The summed E-state index contributed by atoms with van der Waals surface area (Å²) in [4.78, 5) is 4.62. The molecule has 0 spiro atoms. The van der Waals surface area contributed by atoms with Gasteiger partial charge >= 0.3 is 0 Å². The Balaban J connectivity index is 2.15. The fraction of sp³-hybridized carbons (Fsp3) is 0.0769. The number of aromatic nitrogens is 2. The second-order valence-corrected chi connectivity index (χ2v) is 4.77. The van der Waals surface area contributed by atoms with Crippen molar-refractivity contribution in [3.8, 4) is 10.6 Å². The van der Waals surface area contributed by atoms with Gasteiger partial charge in [0.05, 0.1) is 10.2 Å². The molecule has 78 valence electrons. The summed E-state index contributed by atoms with van der Waals surface area (Å²) in [7, 11) is 2.02. The Morgan fingerprint density at radius 2 is 1.81 bits per heavy atom. The number of rotatable bonds is 1. The second kappa shape index (κ2) is 3.68. The molecule has 0 N–H and O–H groups in total. The molecule has 0 saturated heterocycles. The van der Waals surface area contributed by atoms with E-state index in [1.807, 2.05) is 30.1 Å². The number of aryl methyl sites for hydroxylation is 1. The van der Waals surface area contributed by atoms with Crippen LogP contribution in [0.3, 0.4) is 0 Å². The Morgan fingerprint density at radius 1 is 1.06 bits per heavy atom. The van der Waals surface area contributed by atoms with Crippen LogP contribution in [0.4, 0.5) is 0 Å². The van der Waals surface area contributed by atoms with E-state index in [9.17, 15) is 0 Å². The molecule has 3 heteroatoms. The van der Waals surface area contributed by atoms with Gasteiger partial charge in [-0.05, 0) is 12.1 Å². The third kappa shape index (κ3) is 1.59. The molecule has 0 saturated carbocycles. The van der Waals surface area contributed by atoms with E-state index in [4.69, 9.17) is 0 Å². The lowest BCUT2D eigenvalue weighted by atomic mass is 10.3. The number of para-hydroxylation sites is 1. The molecule has 1 aromatic carbocycles. The van der Waals surface area contributed by atoms with Crippen LogP contribution in [0.1, 0.15) is 0 Å². The first kappa shape index (κ1) is 9.48. The maximum Gasteiger partial charge on any atom is 0.169 e. The lowest BCUT2D eigenvalue weighted by Crippen LogP contribution is -2.25. The molecule has 0 bridgehead atoms. The molecule has 0 radical (unpaired) electrons. The topological polar surface area (TPSA) is 16.8 Å². The average Bonchev–Trinajstić information content (AvgIpc) is 2.73. The highest BCUT2D eigenvalue weighted by Gasteiger charge is 2.06. The lowest BCUT2D eigenvalue weighted by Gasteiger charge is -1.92. The fourth-order valence-corrected chi connectivity index (χ4v) is 2.61. The summed E-state index contributed by atoms with van der Waals surface area (Å²) < 4.78 is 3.27. The summed E-state index contributed by atoms with van der Waals surface area (Å²) in [6, 6.07) is 12.4. The highest BCUT2D eigenvalue weighted by atomic mass is 32.1. The van der Waals surface area contributed by atoms with Crippen molar-refractivity contribution in [2.45, 2.75) is 0 Å². The minimum Gasteiger partial charge on any atom is -0.236 e. The van der Waals surface area contributed by atoms with Gasteiger partial charge in [-0.15, -0.1) is 11.3 Å². The van der Waals surface area contributed by atoms with Crippen LogP contribution in [0.25, 0.3) is 20.8 Å². The molecule has 2 nitrogen and oxygen atoms in total. The third-order valence-electron chi connectivity index (χ3n) is 2.52. The monoisotopic (exact) mass is 227 g/mol. The van der Waals surface area contributed by atoms with E-state index in [0.29, 0.717) is 0 Å². The van der Waals surface area contributed by atoms with Crippen molar-refractivity contribution in [3.05, 3.63) is 48.8 Å². The third-order valence-corrected chi connectivity index (χ3v) is 3.60. The number of benzene rings is 1. The van der Waals surface area contributed by atoms with Gasteiger partial charge in [-0.2, -0.15) is 0 Å². The van der Waals surface area contributed by atoms with Gasteiger partial charge in [0, 0.05) is 17.7 Å². The van der Waals surface area contributed by atoms with Gasteiger partial charge in [0.2, 0.25) is 0 Å². The molecule has 0 atom stereocenters. The van der Waals surface area contributed by atoms with E-state index in [1.165, 1.54) is 10.3 Å². The highest BCUT2D eigenvalue weighted by molar-refractivity contribution is 7.21. The van der Waals surface area contributed by atoms with E-state index < -0.39 is 0 Å². The standard InChI is InChI=1S/C13H11N2S/c1-15-8-6-10(7-9-15)13-14-11-4-2-3-5-12(11)16-13/h2-9H,1H3/q+1. The fourth-order valence-electron chi connectivity index (χ4n) is 1.64. The largest absolute Gasteiger partial charge is 0.236 e. The van der Waals surface area contributed by atoms with Gasteiger partial charge in [-0.1, -0.05) is 12.1 Å². The Kier molecular flexibility index (Phi) is 2.18. The SMILES string of the molecule is C[n+]1ccc(-c2nc3ccccc3s2)cc1. The van der Waals surface area contributed by atoms with Crippen molar-refractivity contribution in [1.29, 1.82) is 0 Å². The van der Waals surface area contributed by atoms with Gasteiger partial charge in [-0.3, -0.25) is 0 Å². The molecule has 3 aromatic rings. The Bertz CT molecular complexity index is 593. The summed E-state index contributed by atoms with van der Waals surface area (Å²) in [5.74, 6) is 0. The van der Waals surface area contributed by atoms with E-state index in [2.05, 4.69) is 35.3 Å². The molecular formula is C13H11N2S+. The molecular weight excluding hydrogens is 216 g/mol. The minimum atomic E-state index is 1.08. The predicted molar refractivity (Wildman–Crippen MR) is 66.2 cm³/mol. The zero-order valence-electron chi connectivity index (χ0n) is 8.92. The van der Waals surface area contributed by atoms with Crippen LogP contribution < -0.4 is 4.57 Å². The molecule has 0 amide bonds. The molecule has 0 aliphatic rings. The van der Waals surface area contributed by atoms with E-state index >= 15 is 0 Å². The van der Waals surface area contributed by atoms with Gasteiger partial charge < -0.3 is 0 Å². The van der Waals surface area contributed by atoms with Crippen molar-refractivity contribution >= 4 is 21.6 Å². The number of hydrogen-bond donors (Lipinski definition) is 0. The van der Waals surface area contributed by atoms with E-state index in [1.54, 1.807) is 11.3 Å². The summed E-state index contributed by atoms with van der Waals surface area (Å²) in [5.41, 5.74) is 2.26. The Hall–Kier alpha value is -1.74. The van der Waals surface area contributed by atoms with Crippen molar-refractivity contribution < 1.29 is 4.57 Å². The zero-order valence-corrected chi connectivity index (χ0v) is 9.74. The molecule has 0 unspecified atom stereocenters. The first-order valence-electron chi connectivity index (χ1n) is 5.14.